The van der Waals surface area contributed by atoms with E-state index in [9.17, 15) is 9.59 Å². The van der Waals surface area contributed by atoms with Crippen LogP contribution in [0.15, 0.2) is 73.1 Å². The molecule has 2 aliphatic rings. The monoisotopic (exact) mass is 420 g/mol. The zero-order chi connectivity index (χ0) is 20.5. The highest BCUT2D eigenvalue weighted by atomic mass is 32.2. The molecule has 152 valence electrons. The second-order valence-electron chi connectivity index (χ2n) is 7.34. The van der Waals surface area contributed by atoms with Gasteiger partial charge in [-0.05, 0) is 11.1 Å². The smallest absolute Gasteiger partial charge is 0.331 e. The van der Waals surface area contributed by atoms with Crippen molar-refractivity contribution in [1.29, 1.82) is 0 Å². The van der Waals surface area contributed by atoms with Crippen molar-refractivity contribution < 1.29 is 14.3 Å². The summed E-state index contributed by atoms with van der Waals surface area (Å²) in [6, 6.07) is 18.7. The van der Waals surface area contributed by atoms with Crippen LogP contribution in [0.4, 0.5) is 0 Å². The highest BCUT2D eigenvalue weighted by Crippen LogP contribution is 2.45. The lowest BCUT2D eigenvalue weighted by Crippen LogP contribution is -2.56. The van der Waals surface area contributed by atoms with Crippen molar-refractivity contribution >= 4 is 23.6 Å². The van der Waals surface area contributed by atoms with E-state index >= 15 is 0 Å². The number of esters is 1. The minimum absolute atomic E-state index is 0.00786. The van der Waals surface area contributed by atoms with Crippen LogP contribution in [-0.2, 0) is 20.9 Å². The van der Waals surface area contributed by atoms with Gasteiger partial charge in [-0.1, -0.05) is 65.9 Å². The van der Waals surface area contributed by atoms with E-state index in [4.69, 9.17) is 4.74 Å². The summed E-state index contributed by atoms with van der Waals surface area (Å²) < 4.78 is 7.76. The Bertz CT molecular complexity index is 990. The molecule has 2 fully saturated rings. The molecule has 30 heavy (non-hydrogen) atoms. The third-order valence-corrected chi connectivity index (χ3v) is 6.91. The Kier molecular flexibility index (Phi) is 5.00. The number of thioether (sulfide) groups is 1. The second kappa shape index (κ2) is 7.95. The van der Waals surface area contributed by atoms with Gasteiger partial charge in [-0.15, -0.1) is 16.9 Å². The summed E-state index contributed by atoms with van der Waals surface area (Å²) in [6.07, 6.45) is 3.29. The zero-order valence-electron chi connectivity index (χ0n) is 16.1. The average molecular weight is 420 g/mol. The number of fused-ring (bicyclic) bond motifs is 1. The van der Waals surface area contributed by atoms with Crippen LogP contribution in [0, 0.1) is 0 Å². The quantitative estimate of drug-likeness (QED) is 0.451. The predicted octanol–water partition coefficient (Wildman–Crippen LogP) is 2.65. The van der Waals surface area contributed by atoms with Crippen molar-refractivity contribution in [3.8, 4) is 0 Å². The second-order valence-corrected chi connectivity index (χ2v) is 8.76. The molecule has 1 aromatic heterocycles. The van der Waals surface area contributed by atoms with Crippen molar-refractivity contribution in [1.82, 2.24) is 19.9 Å². The van der Waals surface area contributed by atoms with Gasteiger partial charge in [-0.3, -0.25) is 9.48 Å². The number of hydrogen-bond donors (Lipinski definition) is 0. The van der Waals surface area contributed by atoms with Crippen molar-refractivity contribution in [3.63, 3.8) is 0 Å². The van der Waals surface area contributed by atoms with Crippen LogP contribution in [0.1, 0.15) is 23.7 Å². The lowest BCUT2D eigenvalue weighted by molar-refractivity contribution is -0.163. The highest BCUT2D eigenvalue weighted by molar-refractivity contribution is 8.01. The number of β-lactam (4-membered cyclic amide) rings is 1. The molecule has 1 amide bonds. The summed E-state index contributed by atoms with van der Waals surface area (Å²) in [5, 5.41) is 7.74. The highest BCUT2D eigenvalue weighted by Gasteiger charge is 2.55. The molecule has 0 saturated carbocycles. The molecule has 0 spiro atoms. The number of aromatic nitrogens is 3. The van der Waals surface area contributed by atoms with Crippen LogP contribution < -0.4 is 0 Å². The Balaban J connectivity index is 1.42. The van der Waals surface area contributed by atoms with Gasteiger partial charge in [0.25, 0.3) is 0 Å². The molecule has 3 aromatic rings. The molecule has 3 atom stereocenters. The van der Waals surface area contributed by atoms with E-state index in [2.05, 4.69) is 10.3 Å². The number of amides is 1. The maximum absolute atomic E-state index is 13.4. The molecule has 0 bridgehead atoms. The molecule has 0 radical (unpaired) electrons. The molecule has 1 unspecified atom stereocenters. The Morgan fingerprint density at radius 2 is 1.77 bits per heavy atom. The lowest BCUT2D eigenvalue weighted by atomic mass is 10.0. The topological polar surface area (TPSA) is 77.3 Å². The largest absolute Gasteiger partial charge is 0.451 e. The summed E-state index contributed by atoms with van der Waals surface area (Å²) in [4.78, 5) is 27.3. The van der Waals surface area contributed by atoms with Crippen molar-refractivity contribution in [2.24, 2.45) is 0 Å². The average Bonchev–Trinajstić information content (AvgIpc) is 3.39. The minimum Gasteiger partial charge on any atom is -0.451 e. The summed E-state index contributed by atoms with van der Waals surface area (Å²) in [5.41, 5.74) is 1.78. The maximum atomic E-state index is 13.4. The molecule has 7 nitrogen and oxygen atoms in total. The van der Waals surface area contributed by atoms with Gasteiger partial charge >= 0.3 is 5.97 Å². The SMILES string of the molecule is O=C(OC(c1ccccc1)c1ccccc1)[C@H]1C(Cn2ccnn2)S[C@@H]2CC(=O)N21. The van der Waals surface area contributed by atoms with Crippen LogP contribution in [0.3, 0.4) is 0 Å². The Morgan fingerprint density at radius 1 is 1.10 bits per heavy atom. The standard InChI is InChI=1S/C22H20N4O3S/c27-18-13-19-26(18)20(17(30-19)14-25-12-11-23-24-25)22(28)29-21(15-7-3-1-4-8-15)16-9-5-2-6-10-16/h1-12,17,19-21H,13-14H2/t17?,19-,20-/m1/s1. The number of hydrogen-bond acceptors (Lipinski definition) is 6. The Hall–Kier alpha value is -3.13. The van der Waals surface area contributed by atoms with E-state index in [1.54, 1.807) is 33.7 Å². The first-order valence-electron chi connectivity index (χ1n) is 9.82. The minimum atomic E-state index is -0.639. The van der Waals surface area contributed by atoms with Gasteiger partial charge in [0.15, 0.2) is 6.10 Å². The fourth-order valence-corrected chi connectivity index (χ4v) is 5.65. The molecule has 0 N–H and O–H groups in total. The molecular formula is C22H20N4O3S. The van der Waals surface area contributed by atoms with Gasteiger partial charge < -0.3 is 9.64 Å². The van der Waals surface area contributed by atoms with E-state index < -0.39 is 12.1 Å². The first-order chi connectivity index (χ1) is 14.7. The van der Waals surface area contributed by atoms with Crippen molar-refractivity contribution in [3.05, 3.63) is 84.2 Å². The van der Waals surface area contributed by atoms with Crippen molar-refractivity contribution in [2.45, 2.75) is 35.7 Å². The van der Waals surface area contributed by atoms with Gasteiger partial charge in [-0.25, -0.2) is 4.79 Å². The van der Waals surface area contributed by atoms with Crippen LogP contribution in [0.5, 0.6) is 0 Å². The molecule has 2 saturated heterocycles. The Labute approximate surface area is 178 Å². The molecule has 0 aliphatic carbocycles. The van der Waals surface area contributed by atoms with Crippen LogP contribution in [0.2, 0.25) is 0 Å². The third kappa shape index (κ3) is 3.47. The number of benzene rings is 2. The predicted molar refractivity (Wildman–Crippen MR) is 111 cm³/mol. The summed E-state index contributed by atoms with van der Waals surface area (Å²) >= 11 is 1.63. The van der Waals surface area contributed by atoms with Crippen LogP contribution >= 0.6 is 11.8 Å². The molecule has 2 aliphatic heterocycles. The van der Waals surface area contributed by atoms with E-state index in [-0.39, 0.29) is 22.5 Å². The third-order valence-electron chi connectivity index (χ3n) is 5.45. The molecule has 3 heterocycles. The van der Waals surface area contributed by atoms with E-state index in [0.29, 0.717) is 13.0 Å². The van der Waals surface area contributed by atoms with E-state index in [0.717, 1.165) is 11.1 Å². The van der Waals surface area contributed by atoms with Gasteiger partial charge in [0.2, 0.25) is 5.91 Å². The number of carbonyl (C=O) groups excluding carboxylic acids is 2. The van der Waals surface area contributed by atoms with Crippen molar-refractivity contribution in [2.75, 3.05) is 0 Å². The number of carbonyl (C=O) groups is 2. The van der Waals surface area contributed by atoms with Gasteiger partial charge in [0.05, 0.1) is 29.8 Å². The van der Waals surface area contributed by atoms with E-state index in [1.807, 2.05) is 60.7 Å². The van der Waals surface area contributed by atoms with Crippen LogP contribution in [0.25, 0.3) is 0 Å². The number of rotatable bonds is 6. The Morgan fingerprint density at radius 3 is 2.33 bits per heavy atom. The summed E-state index contributed by atoms with van der Waals surface area (Å²) in [6.45, 7) is 0.492. The number of ether oxygens (including phenoxy) is 1. The molecular weight excluding hydrogens is 400 g/mol. The molecule has 5 rings (SSSR count). The van der Waals surface area contributed by atoms with Crippen LogP contribution in [-0.4, -0.2) is 48.4 Å². The summed E-state index contributed by atoms with van der Waals surface area (Å²) in [5.74, 6) is -0.396. The first-order valence-corrected chi connectivity index (χ1v) is 10.8. The van der Waals surface area contributed by atoms with Gasteiger partial charge in [0, 0.05) is 6.20 Å². The van der Waals surface area contributed by atoms with Gasteiger partial charge in [0.1, 0.15) is 6.04 Å². The molecule has 8 heteroatoms. The lowest BCUT2D eigenvalue weighted by Gasteiger charge is -2.37. The summed E-state index contributed by atoms with van der Waals surface area (Å²) in [7, 11) is 0. The normalized spacial score (nSPS) is 22.6. The number of nitrogens with zero attached hydrogens (tertiary/aromatic N) is 4. The fraction of sp³-hybridized carbons (Fsp3) is 0.273. The van der Waals surface area contributed by atoms with E-state index in [1.165, 1.54) is 0 Å². The first kappa shape index (κ1) is 18.9. The molecule has 2 aromatic carbocycles. The zero-order valence-corrected chi connectivity index (χ0v) is 16.9. The van der Waals surface area contributed by atoms with Gasteiger partial charge in [-0.2, -0.15) is 0 Å². The fourth-order valence-electron chi connectivity index (χ4n) is 4.00. The maximum Gasteiger partial charge on any atom is 0.331 e.